The normalized spacial score (nSPS) is 9.83. The van der Waals surface area contributed by atoms with Crippen molar-refractivity contribution >= 4 is 0 Å². The molecular weight excluding hydrogens is 2300 g/mol. The quantitative estimate of drug-likeness (QED) is 0.111. The van der Waals surface area contributed by atoms with E-state index in [0.29, 0.717) is 0 Å². The number of benzene rings is 12. The zero-order valence-electron chi connectivity index (χ0n) is 72.6. The third kappa shape index (κ3) is 31.7. The Bertz CT molecular complexity index is 6160. The molecule has 648 valence electrons. The number of nitrogens with zero attached hydrogens (tertiary/aromatic N) is 8. The van der Waals surface area contributed by atoms with E-state index in [2.05, 4.69) is 193 Å². The summed E-state index contributed by atoms with van der Waals surface area (Å²) < 4.78 is 0. The van der Waals surface area contributed by atoms with Crippen molar-refractivity contribution in [2.75, 3.05) is 0 Å². The number of hydrogen-bond donors (Lipinski definition) is 0. The van der Waals surface area contributed by atoms with Crippen molar-refractivity contribution in [1.82, 2.24) is 39.9 Å². The SMILES string of the molecule is Cc1cc(-c2[c-]cccc2)ncc1-c1ccccc1.Cc1cccc(-c2[c-]cc(-c3ccccc3)cc2)n1.Cc1cccc(-c2[c-]cccc2)n1.Cc1cccc(-c2[c-]cccc2)n1.Cc1cccc(-c2[c-]cccc2)n1.Cc1ccnc(-c2[c-]cc(-c3ccccc3)cc2)c1.[Ir].[Ir].[Ir].[Ir].[c-]1ccccc1-c1ccc(-c2ccccc2)cn1.[c-]1ccccc1-c1ccccn1. The molecule has 0 aliphatic heterocycles. The largest absolute Gasteiger partial charge is 0.305 e. The Hall–Kier alpha value is -13.6. The van der Waals surface area contributed by atoms with Crippen LogP contribution in [0.15, 0.2) is 449 Å². The van der Waals surface area contributed by atoms with Gasteiger partial charge in [0.25, 0.3) is 0 Å². The summed E-state index contributed by atoms with van der Waals surface area (Å²) in [7, 11) is 0. The third-order valence-corrected chi connectivity index (χ3v) is 19.5. The van der Waals surface area contributed by atoms with Crippen LogP contribution in [-0.4, -0.2) is 39.9 Å². The molecule has 0 unspecified atom stereocenters. The van der Waals surface area contributed by atoms with E-state index in [4.69, 9.17) is 0 Å². The number of pyridine rings is 8. The van der Waals surface area contributed by atoms with Gasteiger partial charge in [-0.3, -0.25) is 0 Å². The summed E-state index contributed by atoms with van der Waals surface area (Å²) in [5.41, 5.74) is 32.2. The molecule has 0 N–H and O–H groups in total. The average Bonchev–Trinajstić information content (AvgIpc) is 0.967. The number of rotatable bonds is 12. The summed E-state index contributed by atoms with van der Waals surface area (Å²) in [6.45, 7) is 12.2. The molecule has 0 saturated heterocycles. The van der Waals surface area contributed by atoms with Crippen molar-refractivity contribution in [1.29, 1.82) is 0 Å². The Morgan fingerprint density at radius 2 is 0.477 bits per heavy atom. The molecular formula is C118H92Ir4N8-8. The summed E-state index contributed by atoms with van der Waals surface area (Å²) >= 11 is 0. The summed E-state index contributed by atoms with van der Waals surface area (Å²) in [5, 5.41) is 0. The first-order chi connectivity index (χ1) is 62.0. The summed E-state index contributed by atoms with van der Waals surface area (Å²) in [6, 6.07) is 167. The maximum absolute atomic E-state index is 4.55. The molecule has 130 heavy (non-hydrogen) atoms. The molecule has 0 aliphatic rings. The van der Waals surface area contributed by atoms with E-state index in [-0.39, 0.29) is 80.4 Å². The van der Waals surface area contributed by atoms with Crippen LogP contribution < -0.4 is 0 Å². The van der Waals surface area contributed by atoms with Crippen molar-refractivity contribution in [2.45, 2.75) is 41.5 Å². The fourth-order valence-electron chi connectivity index (χ4n) is 13.1. The molecule has 8 heterocycles. The summed E-state index contributed by atoms with van der Waals surface area (Å²) in [4.78, 5) is 35.4. The van der Waals surface area contributed by atoms with Crippen molar-refractivity contribution in [3.8, 4) is 135 Å². The molecule has 0 atom stereocenters. The fourth-order valence-corrected chi connectivity index (χ4v) is 13.1. The van der Waals surface area contributed by atoms with E-state index in [0.717, 1.165) is 118 Å². The Morgan fingerprint density at radius 3 is 0.792 bits per heavy atom. The van der Waals surface area contributed by atoms with Gasteiger partial charge in [-0.25, -0.2) is 0 Å². The molecule has 0 aliphatic carbocycles. The van der Waals surface area contributed by atoms with Crippen LogP contribution in [0, 0.1) is 90.1 Å². The predicted octanol–water partition coefficient (Wildman–Crippen LogP) is 28.9. The standard InChI is InChI=1S/3C18H14N.C17H12N.3C12H10N.C11H8N.4Ir/c1-14-12-18(16-10-6-3-7-11-16)19-13-17(14)15-8-4-2-5-9-15;1-14-6-5-9-18(19-14)17-12-10-16(11-13-17)15-7-3-2-4-8-15;1-14-11-12-19-18(13-14)17-9-7-16(8-10-17)15-5-3-2-4-6-15;1-3-7-14(8-4-1)16-11-12-17(18-13-16)15-9-5-2-6-10-15;3*1-10-6-5-9-12(13-10)11-7-3-2-4-8-11;1-2-6-10(7-3-1)11-8-4-5-9-12-11;;;;/h2-10,12-13H,1H3;2-12H,1H3;2-9,11-13H,1H3;1-9,11-13H;3*2-7,9H,1H3;1-6,8-9H;;;;/q8*-1;;;;. The van der Waals surface area contributed by atoms with Gasteiger partial charge in [0, 0.05) is 134 Å². The van der Waals surface area contributed by atoms with Gasteiger partial charge in [0.1, 0.15) is 0 Å². The van der Waals surface area contributed by atoms with Crippen molar-refractivity contribution < 1.29 is 80.4 Å². The second-order valence-electron chi connectivity index (χ2n) is 29.0. The molecule has 12 aromatic carbocycles. The molecule has 0 bridgehead atoms. The first kappa shape index (κ1) is 100. The summed E-state index contributed by atoms with van der Waals surface area (Å²) in [5.74, 6) is 0. The topological polar surface area (TPSA) is 103 Å². The Morgan fingerprint density at radius 1 is 0.185 bits per heavy atom. The molecule has 8 aromatic heterocycles. The first-order valence-electron chi connectivity index (χ1n) is 41.6. The van der Waals surface area contributed by atoms with Gasteiger partial charge < -0.3 is 39.9 Å². The minimum atomic E-state index is 0. The average molecular weight is 2390 g/mol. The zero-order chi connectivity index (χ0) is 87.0. The van der Waals surface area contributed by atoms with E-state index in [1.54, 1.807) is 6.20 Å². The minimum Gasteiger partial charge on any atom is -0.305 e. The van der Waals surface area contributed by atoms with Gasteiger partial charge in [0.2, 0.25) is 0 Å². The Labute approximate surface area is 820 Å². The van der Waals surface area contributed by atoms with Gasteiger partial charge in [-0.05, 0) is 146 Å². The van der Waals surface area contributed by atoms with E-state index in [1.807, 2.05) is 380 Å². The second kappa shape index (κ2) is 54.6. The van der Waals surface area contributed by atoms with Crippen LogP contribution in [0.1, 0.15) is 33.9 Å². The second-order valence-corrected chi connectivity index (χ2v) is 29.0. The van der Waals surface area contributed by atoms with Crippen molar-refractivity contribution in [3.63, 3.8) is 0 Å². The van der Waals surface area contributed by atoms with E-state index in [1.165, 1.54) is 50.1 Å². The number of aryl methyl sites for hydroxylation is 6. The molecule has 4 radical (unpaired) electrons. The number of aromatic nitrogens is 8. The van der Waals surface area contributed by atoms with Crippen molar-refractivity contribution in [2.24, 2.45) is 0 Å². The van der Waals surface area contributed by atoms with E-state index >= 15 is 0 Å². The van der Waals surface area contributed by atoms with Gasteiger partial charge in [-0.2, -0.15) is 0 Å². The minimum absolute atomic E-state index is 0. The molecule has 20 aromatic rings. The first-order valence-corrected chi connectivity index (χ1v) is 41.6. The maximum Gasteiger partial charge on any atom is 0.0266 e. The molecule has 0 fully saturated rings. The zero-order valence-corrected chi connectivity index (χ0v) is 82.2. The van der Waals surface area contributed by atoms with E-state index in [9.17, 15) is 0 Å². The van der Waals surface area contributed by atoms with Crippen LogP contribution in [0.3, 0.4) is 0 Å². The summed E-state index contributed by atoms with van der Waals surface area (Å²) in [6.07, 6.45) is 7.48. The van der Waals surface area contributed by atoms with Crippen LogP contribution in [0.4, 0.5) is 0 Å². The van der Waals surface area contributed by atoms with Crippen LogP contribution in [0.2, 0.25) is 0 Å². The van der Waals surface area contributed by atoms with Gasteiger partial charge in [0.05, 0.1) is 0 Å². The van der Waals surface area contributed by atoms with Crippen LogP contribution >= 0.6 is 0 Å². The van der Waals surface area contributed by atoms with Gasteiger partial charge in [-0.15, -0.1) is 275 Å². The van der Waals surface area contributed by atoms with Crippen LogP contribution in [0.25, 0.3) is 135 Å². The fraction of sp³-hybridized carbons (Fsp3) is 0.0508. The van der Waals surface area contributed by atoms with E-state index < -0.39 is 0 Å². The molecule has 12 heteroatoms. The third-order valence-electron chi connectivity index (χ3n) is 19.5. The molecule has 0 amide bonds. The van der Waals surface area contributed by atoms with Gasteiger partial charge >= 0.3 is 0 Å². The van der Waals surface area contributed by atoms with Gasteiger partial charge in [0.15, 0.2) is 0 Å². The maximum atomic E-state index is 4.55. The molecule has 0 saturated carbocycles. The molecule has 8 nitrogen and oxygen atoms in total. The predicted molar refractivity (Wildman–Crippen MR) is 518 cm³/mol. The smallest absolute Gasteiger partial charge is 0.0266 e. The van der Waals surface area contributed by atoms with Crippen LogP contribution in [0.5, 0.6) is 0 Å². The Balaban J connectivity index is 0.000000168. The number of hydrogen-bond acceptors (Lipinski definition) is 8. The molecule has 0 spiro atoms. The monoisotopic (exact) mass is 2390 g/mol. The Kier molecular flexibility index (Phi) is 42.1. The molecule has 20 rings (SSSR count). The van der Waals surface area contributed by atoms with Gasteiger partial charge in [-0.1, -0.05) is 234 Å². The van der Waals surface area contributed by atoms with Crippen LogP contribution in [-0.2, 0) is 80.4 Å². The van der Waals surface area contributed by atoms with Crippen molar-refractivity contribution in [3.05, 3.63) is 532 Å².